The number of carbonyl (C=O) groups is 2. The molecule has 1 unspecified atom stereocenters. The Morgan fingerprint density at radius 3 is 2.21 bits per heavy atom. The molecule has 1 saturated carbocycles. The molecule has 3 N–H and O–H groups in total. The molecule has 1 rings (SSSR count). The number of ether oxygens (including phenoxy) is 1. The fourth-order valence-electron chi connectivity index (χ4n) is 2.49. The minimum Gasteiger partial charge on any atom is -0.467 e. The van der Waals surface area contributed by atoms with Crippen molar-refractivity contribution >= 4 is 29.1 Å². The Balaban J connectivity index is 2.83. The van der Waals surface area contributed by atoms with Crippen LogP contribution in [0.2, 0.25) is 0 Å². The first-order chi connectivity index (χ1) is 8.94. The molecular weight excluding hydrogens is 264 g/mol. The summed E-state index contributed by atoms with van der Waals surface area (Å²) in [7, 11) is 1.29. The topological polar surface area (TPSA) is 81.4 Å². The van der Waals surface area contributed by atoms with Crippen molar-refractivity contribution in [1.82, 2.24) is 5.32 Å². The quantitative estimate of drug-likeness (QED) is 0.462. The average molecular weight is 286 g/mol. The Labute approximate surface area is 119 Å². The normalized spacial score (nSPS) is 19.9. The van der Waals surface area contributed by atoms with Gasteiger partial charge in [-0.3, -0.25) is 4.79 Å². The monoisotopic (exact) mass is 286 g/mol. The van der Waals surface area contributed by atoms with Crippen LogP contribution in [-0.2, 0) is 14.3 Å². The van der Waals surface area contributed by atoms with Gasteiger partial charge in [-0.15, -0.1) is 0 Å². The number of esters is 1. The number of methoxy groups -OCH3 is 1. The molecule has 0 aromatic rings. The van der Waals surface area contributed by atoms with Crippen LogP contribution in [0.5, 0.6) is 0 Å². The SMILES string of the molecule is COC(=O)C(C)NC(=O)C1(C(N)=S)CCCCCC1. The second-order valence-corrected chi connectivity index (χ2v) is 5.52. The maximum absolute atomic E-state index is 12.5. The van der Waals surface area contributed by atoms with Crippen molar-refractivity contribution < 1.29 is 14.3 Å². The molecule has 1 atom stereocenters. The van der Waals surface area contributed by atoms with Crippen LogP contribution in [0.3, 0.4) is 0 Å². The van der Waals surface area contributed by atoms with E-state index in [0.717, 1.165) is 25.7 Å². The summed E-state index contributed by atoms with van der Waals surface area (Å²) in [6.45, 7) is 1.59. The van der Waals surface area contributed by atoms with E-state index < -0.39 is 17.4 Å². The van der Waals surface area contributed by atoms with Crippen molar-refractivity contribution in [2.24, 2.45) is 11.1 Å². The number of amides is 1. The molecule has 0 aliphatic heterocycles. The Morgan fingerprint density at radius 1 is 1.26 bits per heavy atom. The summed E-state index contributed by atoms with van der Waals surface area (Å²) < 4.78 is 4.60. The first-order valence-corrected chi connectivity index (χ1v) is 7.03. The van der Waals surface area contributed by atoms with E-state index in [1.165, 1.54) is 7.11 Å². The molecule has 1 aliphatic carbocycles. The standard InChI is InChI=1S/C13H22N2O3S/c1-9(10(16)18-2)15-12(17)13(11(14)19)7-5-3-4-6-8-13/h9H,3-8H2,1-2H3,(H2,14,19)(H,15,17). The Bertz CT molecular complexity index is 363. The Kier molecular flexibility index (Phi) is 5.72. The van der Waals surface area contributed by atoms with Gasteiger partial charge in [0.1, 0.15) is 6.04 Å². The van der Waals surface area contributed by atoms with Gasteiger partial charge in [0.2, 0.25) is 5.91 Å². The summed E-state index contributed by atoms with van der Waals surface area (Å²) >= 11 is 5.11. The van der Waals surface area contributed by atoms with Crippen LogP contribution in [0.15, 0.2) is 0 Å². The maximum atomic E-state index is 12.5. The van der Waals surface area contributed by atoms with Gasteiger partial charge in [0, 0.05) is 0 Å². The highest BCUT2D eigenvalue weighted by Gasteiger charge is 2.42. The van der Waals surface area contributed by atoms with Crippen LogP contribution in [0, 0.1) is 5.41 Å². The predicted molar refractivity (Wildman–Crippen MR) is 76.5 cm³/mol. The van der Waals surface area contributed by atoms with Crippen LogP contribution >= 0.6 is 12.2 Å². The third-order valence-electron chi connectivity index (χ3n) is 3.77. The number of hydrogen-bond donors (Lipinski definition) is 2. The molecule has 0 aromatic heterocycles. The minimum absolute atomic E-state index is 0.226. The molecule has 0 bridgehead atoms. The molecule has 1 amide bonds. The molecule has 0 heterocycles. The van der Waals surface area contributed by atoms with Crippen LogP contribution in [0.1, 0.15) is 45.4 Å². The van der Waals surface area contributed by atoms with Crippen molar-refractivity contribution in [3.63, 3.8) is 0 Å². The van der Waals surface area contributed by atoms with E-state index in [9.17, 15) is 9.59 Å². The molecule has 0 saturated heterocycles. The molecular formula is C13H22N2O3S. The summed E-state index contributed by atoms with van der Waals surface area (Å²) in [4.78, 5) is 24.1. The lowest BCUT2D eigenvalue weighted by atomic mass is 9.79. The Morgan fingerprint density at radius 2 is 1.79 bits per heavy atom. The molecule has 1 aliphatic rings. The maximum Gasteiger partial charge on any atom is 0.328 e. The molecule has 0 spiro atoms. The van der Waals surface area contributed by atoms with Gasteiger partial charge in [0.25, 0.3) is 0 Å². The largest absolute Gasteiger partial charge is 0.467 e. The number of nitrogens with one attached hydrogen (secondary N) is 1. The highest BCUT2D eigenvalue weighted by molar-refractivity contribution is 7.80. The number of nitrogens with two attached hydrogens (primary N) is 1. The summed E-state index contributed by atoms with van der Waals surface area (Å²) in [6.07, 6.45) is 5.34. The summed E-state index contributed by atoms with van der Waals surface area (Å²) in [5, 5.41) is 2.67. The van der Waals surface area contributed by atoms with Crippen molar-refractivity contribution in [3.05, 3.63) is 0 Å². The fraction of sp³-hybridized carbons (Fsp3) is 0.769. The average Bonchev–Trinajstić information content (AvgIpc) is 2.64. The van der Waals surface area contributed by atoms with Gasteiger partial charge in [-0.1, -0.05) is 37.9 Å². The lowest BCUT2D eigenvalue weighted by Gasteiger charge is -2.31. The number of rotatable bonds is 4. The van der Waals surface area contributed by atoms with Crippen LogP contribution < -0.4 is 11.1 Å². The molecule has 1 fully saturated rings. The molecule has 6 heteroatoms. The van der Waals surface area contributed by atoms with Gasteiger partial charge >= 0.3 is 5.97 Å². The summed E-state index contributed by atoms with van der Waals surface area (Å²) in [6, 6.07) is -0.688. The molecule has 0 aromatic carbocycles. The second-order valence-electron chi connectivity index (χ2n) is 5.08. The molecule has 108 valence electrons. The van der Waals surface area contributed by atoms with Crippen molar-refractivity contribution in [1.29, 1.82) is 0 Å². The van der Waals surface area contributed by atoms with Crippen LogP contribution in [-0.4, -0.2) is 30.0 Å². The number of carbonyl (C=O) groups excluding carboxylic acids is 2. The number of thiocarbonyl (C=S) groups is 1. The van der Waals surface area contributed by atoms with E-state index in [0.29, 0.717) is 12.8 Å². The number of hydrogen-bond acceptors (Lipinski definition) is 4. The van der Waals surface area contributed by atoms with Gasteiger partial charge in [0.05, 0.1) is 17.5 Å². The zero-order valence-corrected chi connectivity index (χ0v) is 12.3. The second kappa shape index (κ2) is 6.84. The molecule has 5 nitrogen and oxygen atoms in total. The van der Waals surface area contributed by atoms with E-state index in [-0.39, 0.29) is 10.9 Å². The Hall–Kier alpha value is -1.17. The first kappa shape index (κ1) is 15.9. The van der Waals surface area contributed by atoms with Crippen molar-refractivity contribution in [2.75, 3.05) is 7.11 Å². The smallest absolute Gasteiger partial charge is 0.328 e. The lowest BCUT2D eigenvalue weighted by Crippen LogP contribution is -2.52. The zero-order valence-electron chi connectivity index (χ0n) is 11.5. The van der Waals surface area contributed by atoms with Gasteiger partial charge in [-0.05, 0) is 19.8 Å². The fourth-order valence-corrected chi connectivity index (χ4v) is 2.78. The lowest BCUT2D eigenvalue weighted by molar-refractivity contribution is -0.145. The summed E-state index contributed by atoms with van der Waals surface area (Å²) in [5.41, 5.74) is 5.00. The van der Waals surface area contributed by atoms with E-state index in [2.05, 4.69) is 10.1 Å². The van der Waals surface area contributed by atoms with Crippen molar-refractivity contribution in [3.8, 4) is 0 Å². The van der Waals surface area contributed by atoms with E-state index in [4.69, 9.17) is 18.0 Å². The highest BCUT2D eigenvalue weighted by Crippen LogP contribution is 2.35. The van der Waals surface area contributed by atoms with E-state index in [1.54, 1.807) is 6.92 Å². The first-order valence-electron chi connectivity index (χ1n) is 6.63. The predicted octanol–water partition coefficient (Wildman–Crippen LogP) is 1.29. The highest BCUT2D eigenvalue weighted by atomic mass is 32.1. The van der Waals surface area contributed by atoms with Crippen LogP contribution in [0.4, 0.5) is 0 Å². The van der Waals surface area contributed by atoms with Crippen LogP contribution in [0.25, 0.3) is 0 Å². The van der Waals surface area contributed by atoms with E-state index in [1.807, 2.05) is 0 Å². The molecule has 19 heavy (non-hydrogen) atoms. The minimum atomic E-state index is -0.811. The van der Waals surface area contributed by atoms with Gasteiger partial charge in [-0.25, -0.2) is 4.79 Å². The van der Waals surface area contributed by atoms with Gasteiger partial charge in [0.15, 0.2) is 0 Å². The summed E-state index contributed by atoms with van der Waals surface area (Å²) in [5.74, 6) is -0.722. The van der Waals surface area contributed by atoms with Gasteiger partial charge in [-0.2, -0.15) is 0 Å². The third kappa shape index (κ3) is 3.65. The van der Waals surface area contributed by atoms with Gasteiger partial charge < -0.3 is 15.8 Å². The third-order valence-corrected chi connectivity index (χ3v) is 4.16. The van der Waals surface area contributed by atoms with Crippen molar-refractivity contribution in [2.45, 2.75) is 51.5 Å². The molecule has 0 radical (unpaired) electrons. The van der Waals surface area contributed by atoms with E-state index >= 15 is 0 Å². The zero-order chi connectivity index (χ0) is 14.5.